The van der Waals surface area contributed by atoms with E-state index >= 15 is 0 Å². The van der Waals surface area contributed by atoms with Crippen molar-refractivity contribution < 1.29 is 8.42 Å². The molecule has 0 aliphatic carbocycles. The third kappa shape index (κ3) is 6.25. The molecule has 1 aromatic rings. The van der Waals surface area contributed by atoms with E-state index in [0.29, 0.717) is 12.1 Å². The van der Waals surface area contributed by atoms with E-state index in [2.05, 4.69) is 26.3 Å². The van der Waals surface area contributed by atoms with Crippen LogP contribution >= 0.6 is 0 Å². The molecule has 0 saturated heterocycles. The van der Waals surface area contributed by atoms with E-state index in [1.165, 1.54) is 12.2 Å². The first-order valence-corrected chi connectivity index (χ1v) is 11.1. The molecule has 0 radical (unpaired) electrons. The van der Waals surface area contributed by atoms with Gasteiger partial charge in [-0.25, -0.2) is 13.6 Å². The summed E-state index contributed by atoms with van der Waals surface area (Å²) in [5.41, 5.74) is 3.46. The number of sulfonamides is 1. The number of nitrogens with two attached hydrogens (primary N) is 1. The number of hydrogen-bond acceptors (Lipinski definition) is 4. The lowest BCUT2D eigenvalue weighted by Gasteiger charge is -2.24. The Bertz CT molecular complexity index is 1100. The highest BCUT2D eigenvalue weighted by Crippen LogP contribution is 2.36. The van der Waals surface area contributed by atoms with Gasteiger partial charge in [0.25, 0.3) is 0 Å². The molecule has 0 saturated carbocycles. The van der Waals surface area contributed by atoms with E-state index in [-0.39, 0.29) is 10.9 Å². The van der Waals surface area contributed by atoms with Crippen LogP contribution in [-0.4, -0.2) is 19.1 Å². The normalized spacial score (nSPS) is 18.1. The summed E-state index contributed by atoms with van der Waals surface area (Å²) >= 11 is 0. The third-order valence-corrected chi connectivity index (χ3v) is 5.52. The molecule has 1 heterocycles. The molecule has 0 fully saturated rings. The molecular weight excluding hydrogens is 406 g/mol. The Balaban J connectivity index is 2.59. The smallest absolute Gasteiger partial charge is 0.238 e. The molecule has 6 heteroatoms. The Kier molecular flexibility index (Phi) is 8.49. The second-order valence-electron chi connectivity index (χ2n) is 6.59. The van der Waals surface area contributed by atoms with Gasteiger partial charge in [0, 0.05) is 6.42 Å². The van der Waals surface area contributed by atoms with E-state index in [0.717, 1.165) is 16.8 Å². The second kappa shape index (κ2) is 11.1. The van der Waals surface area contributed by atoms with Crippen LogP contribution in [0.25, 0.3) is 0 Å². The second-order valence-corrected chi connectivity index (χ2v) is 8.15. The SMILES string of the molecule is C=C/C=C\C(=C/C=C)C1=NN(/C(C=C)=C/C=C(\C=C)S(N)(=O)=O)C(c2ccccc2)C1. The molecule has 2 rings (SSSR count). The minimum atomic E-state index is -3.88. The molecule has 160 valence electrons. The molecule has 0 amide bonds. The number of allylic oxidation sites excluding steroid dienone is 10. The number of hydrazone groups is 1. The highest BCUT2D eigenvalue weighted by molar-refractivity contribution is 7.93. The van der Waals surface area contributed by atoms with Crippen LogP contribution in [0.15, 0.2) is 133 Å². The van der Waals surface area contributed by atoms with Gasteiger partial charge in [0.05, 0.1) is 22.4 Å². The summed E-state index contributed by atoms with van der Waals surface area (Å²) in [5, 5.41) is 11.9. The van der Waals surface area contributed by atoms with Crippen molar-refractivity contribution in [1.29, 1.82) is 0 Å². The molecule has 0 bridgehead atoms. The molecule has 1 unspecified atom stereocenters. The number of nitrogens with zero attached hydrogens (tertiary/aromatic N) is 2. The predicted molar refractivity (Wildman–Crippen MR) is 130 cm³/mol. The Hall–Kier alpha value is -3.48. The van der Waals surface area contributed by atoms with Crippen molar-refractivity contribution in [3.8, 4) is 0 Å². The summed E-state index contributed by atoms with van der Waals surface area (Å²) in [7, 11) is -3.88. The van der Waals surface area contributed by atoms with Crippen LogP contribution in [-0.2, 0) is 10.0 Å². The summed E-state index contributed by atoms with van der Waals surface area (Å²) in [6.07, 6.45) is 15.5. The van der Waals surface area contributed by atoms with Gasteiger partial charge in [0.15, 0.2) is 0 Å². The fourth-order valence-electron chi connectivity index (χ4n) is 3.09. The van der Waals surface area contributed by atoms with Crippen molar-refractivity contribution in [1.82, 2.24) is 5.01 Å². The van der Waals surface area contributed by atoms with Crippen LogP contribution in [0.1, 0.15) is 18.0 Å². The molecule has 1 aliphatic rings. The molecule has 5 nitrogen and oxygen atoms in total. The van der Waals surface area contributed by atoms with Crippen molar-refractivity contribution in [2.75, 3.05) is 0 Å². The van der Waals surface area contributed by atoms with Crippen molar-refractivity contribution in [2.45, 2.75) is 12.5 Å². The first-order valence-electron chi connectivity index (χ1n) is 9.59. The van der Waals surface area contributed by atoms with Gasteiger partial charge in [-0.15, -0.1) is 0 Å². The lowest BCUT2D eigenvalue weighted by Crippen LogP contribution is -2.18. The zero-order chi connectivity index (χ0) is 22.9. The molecule has 2 N–H and O–H groups in total. The van der Waals surface area contributed by atoms with E-state index in [9.17, 15) is 8.42 Å². The molecular formula is C25H27N3O2S. The fraction of sp³-hybridized carbons (Fsp3) is 0.0800. The standard InChI is InChI=1S/C25H27N3O2S/c1-5-9-14-20(13-6-2)24-19-25(21-15-11-10-12-16-21)28(27-24)22(7-3)17-18-23(8-4)31(26,29)30/h5-18,25H,1-4,19H2,(H2,26,29,30)/b14-9-,20-13+,22-17+,23-18+. The Morgan fingerprint density at radius 2 is 1.74 bits per heavy atom. The molecule has 31 heavy (non-hydrogen) atoms. The van der Waals surface area contributed by atoms with Crippen molar-refractivity contribution in [3.05, 3.63) is 133 Å². The Morgan fingerprint density at radius 3 is 2.29 bits per heavy atom. The van der Waals surface area contributed by atoms with Crippen LogP contribution in [0, 0.1) is 0 Å². The lowest BCUT2D eigenvalue weighted by molar-refractivity contribution is 0.309. The van der Waals surface area contributed by atoms with Gasteiger partial charge in [-0.05, 0) is 35.4 Å². The Morgan fingerprint density at radius 1 is 1.03 bits per heavy atom. The average molecular weight is 434 g/mol. The van der Waals surface area contributed by atoms with Crippen LogP contribution in [0.3, 0.4) is 0 Å². The van der Waals surface area contributed by atoms with Gasteiger partial charge in [-0.2, -0.15) is 5.10 Å². The van der Waals surface area contributed by atoms with Gasteiger partial charge in [0.1, 0.15) is 0 Å². The fourth-order valence-corrected chi connectivity index (χ4v) is 3.58. The van der Waals surface area contributed by atoms with Gasteiger partial charge in [-0.3, -0.25) is 5.01 Å². The van der Waals surface area contributed by atoms with Crippen molar-refractivity contribution in [3.63, 3.8) is 0 Å². The summed E-state index contributed by atoms with van der Waals surface area (Å²) in [4.78, 5) is -0.0901. The van der Waals surface area contributed by atoms with Gasteiger partial charge >= 0.3 is 0 Å². The maximum atomic E-state index is 11.7. The molecule has 1 aromatic carbocycles. The van der Waals surface area contributed by atoms with Crippen LogP contribution < -0.4 is 5.14 Å². The van der Waals surface area contributed by atoms with Crippen LogP contribution in [0.2, 0.25) is 0 Å². The third-order valence-electron chi connectivity index (χ3n) is 4.56. The largest absolute Gasteiger partial charge is 0.257 e. The molecule has 1 aliphatic heterocycles. The number of benzene rings is 1. The molecule has 0 spiro atoms. The highest BCUT2D eigenvalue weighted by atomic mass is 32.2. The first-order chi connectivity index (χ1) is 14.8. The molecule has 0 aromatic heterocycles. The van der Waals surface area contributed by atoms with Crippen LogP contribution in [0.5, 0.6) is 0 Å². The Labute approximate surface area is 185 Å². The minimum absolute atomic E-state index is 0.0901. The van der Waals surface area contributed by atoms with E-state index in [1.807, 2.05) is 53.6 Å². The zero-order valence-corrected chi connectivity index (χ0v) is 18.2. The van der Waals surface area contributed by atoms with Gasteiger partial charge in [-0.1, -0.05) is 87.0 Å². The van der Waals surface area contributed by atoms with E-state index < -0.39 is 10.0 Å². The van der Waals surface area contributed by atoms with Crippen LogP contribution in [0.4, 0.5) is 0 Å². The van der Waals surface area contributed by atoms with Gasteiger partial charge < -0.3 is 0 Å². The summed E-state index contributed by atoms with van der Waals surface area (Å²) in [5.74, 6) is 0. The number of primary sulfonamides is 1. The lowest BCUT2D eigenvalue weighted by atomic mass is 9.97. The number of hydrogen-bond donors (Lipinski definition) is 1. The predicted octanol–water partition coefficient (Wildman–Crippen LogP) is 5.07. The first kappa shape index (κ1) is 23.8. The zero-order valence-electron chi connectivity index (χ0n) is 17.4. The maximum Gasteiger partial charge on any atom is 0.238 e. The number of rotatable bonds is 10. The topological polar surface area (TPSA) is 75.8 Å². The summed E-state index contributed by atoms with van der Waals surface area (Å²) < 4.78 is 23.4. The monoisotopic (exact) mass is 433 g/mol. The van der Waals surface area contributed by atoms with E-state index in [1.54, 1.807) is 24.3 Å². The maximum absolute atomic E-state index is 11.7. The quantitative estimate of drug-likeness (QED) is 0.523. The molecule has 1 atom stereocenters. The van der Waals surface area contributed by atoms with Crippen molar-refractivity contribution in [2.24, 2.45) is 10.2 Å². The van der Waals surface area contributed by atoms with Gasteiger partial charge in [0.2, 0.25) is 10.0 Å². The minimum Gasteiger partial charge on any atom is -0.257 e. The average Bonchev–Trinajstić information content (AvgIpc) is 3.19. The summed E-state index contributed by atoms with van der Waals surface area (Å²) in [6.45, 7) is 14.9. The summed E-state index contributed by atoms with van der Waals surface area (Å²) in [6, 6.07) is 9.86. The van der Waals surface area contributed by atoms with Crippen molar-refractivity contribution >= 4 is 15.7 Å². The van der Waals surface area contributed by atoms with E-state index in [4.69, 9.17) is 10.2 Å². The highest BCUT2D eigenvalue weighted by Gasteiger charge is 2.30.